The Kier molecular flexibility index (Phi) is 5.57. The Morgan fingerprint density at radius 3 is 2.46 bits per heavy atom. The van der Waals surface area contributed by atoms with Crippen molar-refractivity contribution >= 4 is 11.7 Å². The smallest absolute Gasteiger partial charge is 0.227 e. The molecule has 6 heteroatoms. The van der Waals surface area contributed by atoms with Crippen LogP contribution in [0.1, 0.15) is 18.4 Å². The average molecular weight is 380 g/mol. The molecule has 2 aromatic rings. The third-order valence-electron chi connectivity index (χ3n) is 5.96. The van der Waals surface area contributed by atoms with Crippen molar-refractivity contribution < 1.29 is 4.79 Å². The number of anilines is 1. The van der Waals surface area contributed by atoms with Crippen LogP contribution in [-0.2, 0) is 4.79 Å². The van der Waals surface area contributed by atoms with Gasteiger partial charge in [0, 0.05) is 38.3 Å². The Balaban J connectivity index is 1.36. The average Bonchev–Trinajstić information content (AvgIpc) is 2.74. The van der Waals surface area contributed by atoms with Gasteiger partial charge in [0.2, 0.25) is 5.91 Å². The topological polar surface area (TPSA) is 52.6 Å². The molecule has 2 saturated heterocycles. The number of likely N-dealkylation sites (tertiary alicyclic amines) is 1. The van der Waals surface area contributed by atoms with Gasteiger partial charge in [-0.05, 0) is 51.1 Å². The summed E-state index contributed by atoms with van der Waals surface area (Å²) in [6, 6.07) is 12.3. The molecule has 28 heavy (non-hydrogen) atoms. The zero-order valence-electron chi connectivity index (χ0n) is 16.8. The molecule has 1 amide bonds. The quantitative estimate of drug-likeness (QED) is 0.820. The van der Waals surface area contributed by atoms with Gasteiger partial charge in [0.1, 0.15) is 0 Å². The van der Waals surface area contributed by atoms with Crippen molar-refractivity contribution in [3.8, 4) is 11.3 Å². The van der Waals surface area contributed by atoms with Crippen molar-refractivity contribution in [3.05, 3.63) is 42.0 Å². The minimum absolute atomic E-state index is 0.165. The van der Waals surface area contributed by atoms with Crippen LogP contribution in [0.15, 0.2) is 36.4 Å². The SMILES string of the molecule is Cc1ccccc1-c1ccc(N2CCN(C(=O)C3CCCN(C)C3)CC2)nn1. The third-order valence-corrected chi connectivity index (χ3v) is 5.96. The summed E-state index contributed by atoms with van der Waals surface area (Å²) in [5.41, 5.74) is 3.22. The number of aryl methyl sites for hydroxylation is 1. The van der Waals surface area contributed by atoms with Crippen molar-refractivity contribution in [2.75, 3.05) is 51.2 Å². The number of rotatable bonds is 3. The zero-order chi connectivity index (χ0) is 19.5. The first kappa shape index (κ1) is 18.9. The number of piperazine rings is 1. The number of carbonyl (C=O) groups excluding carboxylic acids is 1. The molecular weight excluding hydrogens is 350 g/mol. The number of carbonyl (C=O) groups is 1. The van der Waals surface area contributed by atoms with E-state index >= 15 is 0 Å². The van der Waals surface area contributed by atoms with Gasteiger partial charge in [-0.25, -0.2) is 0 Å². The minimum atomic E-state index is 0.165. The predicted molar refractivity (Wildman–Crippen MR) is 111 cm³/mol. The van der Waals surface area contributed by atoms with E-state index in [0.29, 0.717) is 5.91 Å². The molecule has 2 aliphatic heterocycles. The molecule has 0 N–H and O–H groups in total. The fourth-order valence-electron chi connectivity index (χ4n) is 4.28. The van der Waals surface area contributed by atoms with E-state index in [1.807, 2.05) is 29.2 Å². The van der Waals surface area contributed by atoms with Crippen LogP contribution in [0.2, 0.25) is 0 Å². The maximum atomic E-state index is 12.8. The lowest BCUT2D eigenvalue weighted by Crippen LogP contribution is -2.52. The Hall–Kier alpha value is -2.47. The molecule has 1 aromatic carbocycles. The number of benzene rings is 1. The van der Waals surface area contributed by atoms with Crippen molar-refractivity contribution in [2.45, 2.75) is 19.8 Å². The van der Waals surface area contributed by atoms with Crippen molar-refractivity contribution in [2.24, 2.45) is 5.92 Å². The second kappa shape index (κ2) is 8.27. The summed E-state index contributed by atoms with van der Waals surface area (Å²) in [4.78, 5) is 19.4. The van der Waals surface area contributed by atoms with E-state index in [1.165, 1.54) is 5.56 Å². The monoisotopic (exact) mass is 379 g/mol. The van der Waals surface area contributed by atoms with Crippen LogP contribution in [-0.4, -0.2) is 72.2 Å². The van der Waals surface area contributed by atoms with E-state index in [0.717, 1.165) is 69.2 Å². The van der Waals surface area contributed by atoms with E-state index in [9.17, 15) is 4.79 Å². The second-order valence-corrected chi connectivity index (χ2v) is 8.01. The van der Waals surface area contributed by atoms with E-state index in [1.54, 1.807) is 0 Å². The summed E-state index contributed by atoms with van der Waals surface area (Å²) < 4.78 is 0. The van der Waals surface area contributed by atoms with Gasteiger partial charge in [0.15, 0.2) is 5.82 Å². The highest BCUT2D eigenvalue weighted by atomic mass is 16.2. The van der Waals surface area contributed by atoms with E-state index < -0.39 is 0 Å². The fraction of sp³-hybridized carbons (Fsp3) is 0.500. The third kappa shape index (κ3) is 4.02. The summed E-state index contributed by atoms with van der Waals surface area (Å²) in [5.74, 6) is 1.38. The normalized spacial score (nSPS) is 21.0. The Labute approximate surface area is 167 Å². The van der Waals surface area contributed by atoms with E-state index in [-0.39, 0.29) is 5.92 Å². The first-order valence-electron chi connectivity index (χ1n) is 10.2. The maximum Gasteiger partial charge on any atom is 0.227 e. The standard InChI is InChI=1S/C22H29N5O/c1-17-6-3-4-8-19(17)20-9-10-21(24-23-20)26-12-14-27(15-13-26)22(28)18-7-5-11-25(2)16-18/h3-4,6,8-10,18H,5,7,11-16H2,1-2H3. The second-order valence-electron chi connectivity index (χ2n) is 8.01. The first-order valence-corrected chi connectivity index (χ1v) is 10.2. The molecule has 6 nitrogen and oxygen atoms in total. The summed E-state index contributed by atoms with van der Waals surface area (Å²) in [7, 11) is 2.11. The molecule has 4 rings (SSSR count). The number of aromatic nitrogens is 2. The zero-order valence-corrected chi connectivity index (χ0v) is 16.8. The van der Waals surface area contributed by atoms with Gasteiger partial charge < -0.3 is 14.7 Å². The molecule has 0 saturated carbocycles. The number of hydrogen-bond donors (Lipinski definition) is 0. The highest BCUT2D eigenvalue weighted by molar-refractivity contribution is 5.79. The predicted octanol–water partition coefficient (Wildman–Crippen LogP) is 2.44. The van der Waals surface area contributed by atoms with Crippen LogP contribution in [0, 0.1) is 12.8 Å². The maximum absolute atomic E-state index is 12.8. The van der Waals surface area contributed by atoms with Gasteiger partial charge in [0.05, 0.1) is 11.6 Å². The Morgan fingerprint density at radius 1 is 1.00 bits per heavy atom. The van der Waals surface area contributed by atoms with Crippen LogP contribution in [0.3, 0.4) is 0 Å². The molecule has 1 aromatic heterocycles. The lowest BCUT2D eigenvalue weighted by Gasteiger charge is -2.38. The molecule has 0 bridgehead atoms. The molecule has 1 atom stereocenters. The molecule has 2 aliphatic rings. The minimum Gasteiger partial charge on any atom is -0.352 e. The number of amides is 1. The molecule has 0 aliphatic carbocycles. The van der Waals surface area contributed by atoms with E-state index in [2.05, 4.69) is 46.1 Å². The molecular formula is C22H29N5O. The van der Waals surface area contributed by atoms with Crippen LogP contribution in [0.5, 0.6) is 0 Å². The van der Waals surface area contributed by atoms with Crippen molar-refractivity contribution in [1.29, 1.82) is 0 Å². The van der Waals surface area contributed by atoms with Gasteiger partial charge in [-0.1, -0.05) is 24.3 Å². The fourth-order valence-corrected chi connectivity index (χ4v) is 4.28. The Morgan fingerprint density at radius 2 is 1.79 bits per heavy atom. The number of nitrogens with zero attached hydrogens (tertiary/aromatic N) is 5. The molecule has 0 spiro atoms. The lowest BCUT2D eigenvalue weighted by atomic mass is 9.96. The highest BCUT2D eigenvalue weighted by Gasteiger charge is 2.30. The number of piperidine rings is 1. The highest BCUT2D eigenvalue weighted by Crippen LogP contribution is 2.23. The largest absolute Gasteiger partial charge is 0.352 e. The van der Waals surface area contributed by atoms with Gasteiger partial charge in [-0.15, -0.1) is 10.2 Å². The summed E-state index contributed by atoms with van der Waals surface area (Å²) in [6.07, 6.45) is 2.14. The van der Waals surface area contributed by atoms with Gasteiger partial charge >= 0.3 is 0 Å². The van der Waals surface area contributed by atoms with Gasteiger partial charge in [0.25, 0.3) is 0 Å². The first-order chi connectivity index (χ1) is 13.6. The summed E-state index contributed by atoms with van der Waals surface area (Å²) in [5, 5.41) is 8.90. The van der Waals surface area contributed by atoms with Crippen LogP contribution >= 0.6 is 0 Å². The molecule has 1 unspecified atom stereocenters. The Bertz CT molecular complexity index is 814. The van der Waals surface area contributed by atoms with E-state index in [4.69, 9.17) is 0 Å². The van der Waals surface area contributed by atoms with Gasteiger partial charge in [-0.3, -0.25) is 4.79 Å². The molecule has 2 fully saturated rings. The van der Waals surface area contributed by atoms with Crippen LogP contribution in [0.4, 0.5) is 5.82 Å². The molecule has 0 radical (unpaired) electrons. The summed E-state index contributed by atoms with van der Waals surface area (Å²) in [6.45, 7) is 7.24. The van der Waals surface area contributed by atoms with Crippen LogP contribution in [0.25, 0.3) is 11.3 Å². The molecule has 3 heterocycles. The van der Waals surface area contributed by atoms with Crippen LogP contribution < -0.4 is 4.90 Å². The lowest BCUT2D eigenvalue weighted by molar-refractivity contribution is -0.137. The number of hydrogen-bond acceptors (Lipinski definition) is 5. The van der Waals surface area contributed by atoms with Gasteiger partial charge in [-0.2, -0.15) is 0 Å². The molecule has 148 valence electrons. The summed E-state index contributed by atoms with van der Waals surface area (Å²) >= 11 is 0. The van der Waals surface area contributed by atoms with Crippen molar-refractivity contribution in [1.82, 2.24) is 20.0 Å². The van der Waals surface area contributed by atoms with Crippen molar-refractivity contribution in [3.63, 3.8) is 0 Å².